The molecule has 2 aliphatic carbocycles. The third kappa shape index (κ3) is 2.22. The molecule has 1 N–H and O–H groups in total. The lowest BCUT2D eigenvalue weighted by Crippen LogP contribution is -2.32. The van der Waals surface area contributed by atoms with E-state index >= 15 is 0 Å². The zero-order valence-corrected chi connectivity index (χ0v) is 12.3. The van der Waals surface area contributed by atoms with Crippen molar-refractivity contribution in [1.82, 2.24) is 9.88 Å². The molecule has 1 aromatic heterocycles. The van der Waals surface area contributed by atoms with Gasteiger partial charge in [0.1, 0.15) is 5.69 Å². The third-order valence-corrected chi connectivity index (χ3v) is 4.81. The van der Waals surface area contributed by atoms with Gasteiger partial charge in [0.25, 0.3) is 5.91 Å². The lowest BCUT2D eigenvalue weighted by atomic mass is 10.0. The molecule has 0 spiro atoms. The lowest BCUT2D eigenvalue weighted by Gasteiger charge is -2.15. The molecule has 3 nitrogen and oxygen atoms in total. The molecule has 0 bridgehead atoms. The molecule has 1 aromatic rings. The molecule has 2 saturated carbocycles. The Balaban J connectivity index is 1.63. The maximum absolute atomic E-state index is 12.2. The molecule has 0 atom stereocenters. The number of hydrogen-bond acceptors (Lipinski definition) is 1. The van der Waals surface area contributed by atoms with Gasteiger partial charge in [-0.2, -0.15) is 0 Å². The second kappa shape index (κ2) is 4.41. The van der Waals surface area contributed by atoms with Crippen molar-refractivity contribution in [2.75, 3.05) is 6.54 Å². The highest BCUT2D eigenvalue weighted by molar-refractivity contribution is 9.10. The number of halogens is 1. The van der Waals surface area contributed by atoms with Crippen LogP contribution >= 0.6 is 15.9 Å². The Morgan fingerprint density at radius 2 is 2.28 bits per heavy atom. The van der Waals surface area contributed by atoms with Crippen molar-refractivity contribution in [3.8, 4) is 0 Å². The smallest absolute Gasteiger partial charge is 0.267 e. The minimum Gasteiger partial charge on any atom is -0.350 e. The fourth-order valence-corrected chi connectivity index (χ4v) is 3.32. The van der Waals surface area contributed by atoms with Gasteiger partial charge in [0.2, 0.25) is 0 Å². The van der Waals surface area contributed by atoms with Crippen LogP contribution in [0.15, 0.2) is 16.7 Å². The average molecular weight is 311 g/mol. The summed E-state index contributed by atoms with van der Waals surface area (Å²) in [5.74, 6) is 0.956. The molecule has 2 fully saturated rings. The fraction of sp³-hybridized carbons (Fsp3) is 0.643. The second-order valence-electron chi connectivity index (χ2n) is 5.65. The van der Waals surface area contributed by atoms with Crippen LogP contribution < -0.4 is 5.32 Å². The first-order chi connectivity index (χ1) is 8.64. The maximum Gasteiger partial charge on any atom is 0.267 e. The molecule has 0 saturated heterocycles. The average Bonchev–Trinajstić information content (AvgIpc) is 3.23. The number of hydrogen-bond donors (Lipinski definition) is 1. The molecule has 1 heterocycles. The van der Waals surface area contributed by atoms with Crippen molar-refractivity contribution < 1.29 is 4.79 Å². The predicted octanol–water partition coefficient (Wildman–Crippen LogP) is 3.19. The van der Waals surface area contributed by atoms with E-state index in [4.69, 9.17) is 0 Å². The first-order valence-electron chi connectivity index (χ1n) is 6.78. The monoisotopic (exact) mass is 310 g/mol. The Morgan fingerprint density at radius 1 is 1.56 bits per heavy atom. The highest BCUT2D eigenvalue weighted by Gasteiger charge is 2.53. The summed E-state index contributed by atoms with van der Waals surface area (Å²) in [5.41, 5.74) is 1.23. The third-order valence-electron chi connectivity index (χ3n) is 4.37. The Bertz CT molecular complexity index is 472. The summed E-state index contributed by atoms with van der Waals surface area (Å²) in [7, 11) is 0. The van der Waals surface area contributed by atoms with Crippen LogP contribution in [0.5, 0.6) is 0 Å². The van der Waals surface area contributed by atoms with E-state index in [1.54, 1.807) is 0 Å². The standard InChI is InChI=1S/C14H19BrN2O/c1-2-17-8-11(15)7-12(17)13(18)16-9-14(5-6-14)10-3-4-10/h7-8,10H,2-6,9H2,1H3,(H,16,18). The zero-order chi connectivity index (χ0) is 12.8. The van der Waals surface area contributed by atoms with Crippen LogP contribution in [0.4, 0.5) is 0 Å². The van der Waals surface area contributed by atoms with Gasteiger partial charge in [-0.3, -0.25) is 4.79 Å². The predicted molar refractivity (Wildman–Crippen MR) is 74.5 cm³/mol. The summed E-state index contributed by atoms with van der Waals surface area (Å²) in [6.07, 6.45) is 7.30. The molecular weight excluding hydrogens is 292 g/mol. The van der Waals surface area contributed by atoms with Crippen molar-refractivity contribution in [2.45, 2.75) is 39.2 Å². The Hall–Kier alpha value is -0.770. The van der Waals surface area contributed by atoms with E-state index < -0.39 is 0 Å². The van der Waals surface area contributed by atoms with E-state index in [9.17, 15) is 4.79 Å². The van der Waals surface area contributed by atoms with Gasteiger partial charge in [0.05, 0.1) is 0 Å². The maximum atomic E-state index is 12.2. The molecule has 1 amide bonds. The number of nitrogens with one attached hydrogen (secondary N) is 1. The van der Waals surface area contributed by atoms with Crippen molar-refractivity contribution in [3.63, 3.8) is 0 Å². The quantitative estimate of drug-likeness (QED) is 0.890. The fourth-order valence-electron chi connectivity index (χ4n) is 2.86. The molecule has 0 unspecified atom stereocenters. The van der Waals surface area contributed by atoms with Crippen LogP contribution in [-0.4, -0.2) is 17.0 Å². The molecule has 2 aliphatic rings. The minimum absolute atomic E-state index is 0.0643. The summed E-state index contributed by atoms with van der Waals surface area (Å²) >= 11 is 3.43. The molecule has 0 aromatic carbocycles. The zero-order valence-electron chi connectivity index (χ0n) is 10.7. The van der Waals surface area contributed by atoms with Crippen molar-refractivity contribution in [1.29, 1.82) is 0 Å². The molecule has 3 rings (SSSR count). The van der Waals surface area contributed by atoms with E-state index in [1.165, 1.54) is 25.7 Å². The molecule has 0 radical (unpaired) electrons. The molecule has 98 valence electrons. The van der Waals surface area contributed by atoms with Crippen LogP contribution in [0.1, 0.15) is 43.1 Å². The van der Waals surface area contributed by atoms with Crippen LogP contribution in [0.3, 0.4) is 0 Å². The van der Waals surface area contributed by atoms with Gasteiger partial charge in [-0.05, 0) is 65.9 Å². The van der Waals surface area contributed by atoms with Crippen LogP contribution in [-0.2, 0) is 6.54 Å². The Kier molecular flexibility index (Phi) is 3.00. The number of aromatic nitrogens is 1. The van der Waals surface area contributed by atoms with Gasteiger partial charge in [0, 0.05) is 23.8 Å². The molecular formula is C14H19BrN2O. The highest BCUT2D eigenvalue weighted by atomic mass is 79.9. The second-order valence-corrected chi connectivity index (χ2v) is 6.56. The number of aryl methyl sites for hydroxylation is 1. The van der Waals surface area contributed by atoms with Crippen LogP contribution in [0, 0.1) is 11.3 Å². The van der Waals surface area contributed by atoms with Gasteiger partial charge in [-0.15, -0.1) is 0 Å². The molecule has 0 aliphatic heterocycles. The number of amides is 1. The van der Waals surface area contributed by atoms with E-state index in [0.29, 0.717) is 5.41 Å². The molecule has 4 heteroatoms. The number of carbonyl (C=O) groups is 1. The van der Waals surface area contributed by atoms with Crippen molar-refractivity contribution in [3.05, 3.63) is 22.4 Å². The topological polar surface area (TPSA) is 34.0 Å². The molecule has 18 heavy (non-hydrogen) atoms. The summed E-state index contributed by atoms with van der Waals surface area (Å²) in [6, 6.07) is 1.90. The number of nitrogens with zero attached hydrogens (tertiary/aromatic N) is 1. The summed E-state index contributed by atoms with van der Waals surface area (Å²) < 4.78 is 2.95. The summed E-state index contributed by atoms with van der Waals surface area (Å²) in [6.45, 7) is 3.74. The highest BCUT2D eigenvalue weighted by Crippen LogP contribution is 2.60. The normalized spacial score (nSPS) is 20.8. The number of carbonyl (C=O) groups excluding carboxylic acids is 1. The van der Waals surface area contributed by atoms with Gasteiger partial charge in [0.15, 0.2) is 0 Å². The van der Waals surface area contributed by atoms with E-state index in [0.717, 1.165) is 29.2 Å². The van der Waals surface area contributed by atoms with Crippen LogP contribution in [0.25, 0.3) is 0 Å². The van der Waals surface area contributed by atoms with E-state index in [1.807, 2.05) is 16.8 Å². The van der Waals surface area contributed by atoms with E-state index in [2.05, 4.69) is 28.2 Å². The van der Waals surface area contributed by atoms with Gasteiger partial charge < -0.3 is 9.88 Å². The van der Waals surface area contributed by atoms with E-state index in [-0.39, 0.29) is 5.91 Å². The largest absolute Gasteiger partial charge is 0.350 e. The minimum atomic E-state index is 0.0643. The van der Waals surface area contributed by atoms with Crippen molar-refractivity contribution in [2.24, 2.45) is 11.3 Å². The van der Waals surface area contributed by atoms with Crippen molar-refractivity contribution >= 4 is 21.8 Å². The van der Waals surface area contributed by atoms with Gasteiger partial charge in [-0.1, -0.05) is 0 Å². The van der Waals surface area contributed by atoms with Crippen LogP contribution in [0.2, 0.25) is 0 Å². The van der Waals surface area contributed by atoms with Gasteiger partial charge >= 0.3 is 0 Å². The first-order valence-corrected chi connectivity index (χ1v) is 7.58. The summed E-state index contributed by atoms with van der Waals surface area (Å²) in [4.78, 5) is 12.2. The SMILES string of the molecule is CCn1cc(Br)cc1C(=O)NCC1(C2CC2)CC1. The lowest BCUT2D eigenvalue weighted by molar-refractivity contribution is 0.0933. The number of rotatable bonds is 5. The Morgan fingerprint density at radius 3 is 2.83 bits per heavy atom. The Labute approximate surface area is 116 Å². The first kappa shape index (κ1) is 12.3. The summed E-state index contributed by atoms with van der Waals surface area (Å²) in [5, 5.41) is 3.13. The van der Waals surface area contributed by atoms with Gasteiger partial charge in [-0.25, -0.2) is 0 Å².